The third-order valence-electron chi connectivity index (χ3n) is 7.53. The van der Waals surface area contributed by atoms with E-state index >= 15 is 0 Å². The van der Waals surface area contributed by atoms with E-state index in [-0.39, 0.29) is 5.16 Å². The van der Waals surface area contributed by atoms with E-state index in [9.17, 15) is 0 Å². The highest BCUT2D eigenvalue weighted by Crippen LogP contribution is 2.50. The molecule has 0 saturated heterocycles. The molecule has 3 heteroatoms. The van der Waals surface area contributed by atoms with Crippen molar-refractivity contribution in [1.29, 1.82) is 0 Å². The zero-order chi connectivity index (χ0) is 27.0. The van der Waals surface area contributed by atoms with Crippen molar-refractivity contribution in [2.75, 3.05) is 0 Å². The van der Waals surface area contributed by atoms with E-state index in [4.69, 9.17) is 9.73 Å². The smallest absolute Gasteiger partial charge is 0.127 e. The summed E-state index contributed by atoms with van der Waals surface area (Å²) in [5.41, 5.74) is 7.28. The summed E-state index contributed by atoms with van der Waals surface area (Å²) in [6.45, 7) is 12.1. The molecule has 0 bridgehead atoms. The van der Waals surface area contributed by atoms with Crippen LogP contribution in [0.4, 0.5) is 5.69 Å². The van der Waals surface area contributed by atoms with Gasteiger partial charge >= 0.3 is 0 Å². The molecule has 0 radical (unpaired) electrons. The molecule has 3 unspecified atom stereocenters. The van der Waals surface area contributed by atoms with Gasteiger partial charge < -0.3 is 4.74 Å². The van der Waals surface area contributed by atoms with Gasteiger partial charge in [-0.15, -0.1) is 0 Å². The third-order valence-corrected chi connectivity index (χ3v) is 9.64. The molecule has 0 heterocycles. The van der Waals surface area contributed by atoms with Gasteiger partial charge in [0.2, 0.25) is 0 Å². The molecule has 4 aromatic rings. The first-order valence-corrected chi connectivity index (χ1v) is 14.7. The lowest BCUT2D eigenvalue weighted by Crippen LogP contribution is -2.23. The van der Waals surface area contributed by atoms with Gasteiger partial charge in [0.05, 0.1) is 5.69 Å². The van der Waals surface area contributed by atoms with Crippen molar-refractivity contribution in [3.8, 4) is 5.75 Å². The highest BCUT2D eigenvalue weighted by atomic mass is 31.1. The summed E-state index contributed by atoms with van der Waals surface area (Å²) in [6, 6.07) is 34.0. The van der Waals surface area contributed by atoms with Crippen LogP contribution in [0.1, 0.15) is 74.3 Å². The number of benzene rings is 4. The number of aryl methyl sites for hydroxylation is 1. The monoisotopic (exact) mass is 521 g/mol. The average molecular weight is 522 g/mol. The summed E-state index contributed by atoms with van der Waals surface area (Å²) in [5.74, 6) is 1.49. The van der Waals surface area contributed by atoms with Crippen molar-refractivity contribution >= 4 is 25.8 Å². The van der Waals surface area contributed by atoms with Crippen molar-refractivity contribution in [2.24, 2.45) is 4.99 Å². The Morgan fingerprint density at radius 3 is 2.24 bits per heavy atom. The number of hydrogen-bond donors (Lipinski definition) is 0. The Morgan fingerprint density at radius 1 is 0.868 bits per heavy atom. The van der Waals surface area contributed by atoms with Gasteiger partial charge in [0, 0.05) is 22.5 Å². The first kappa shape index (κ1) is 27.8. The molecule has 0 saturated carbocycles. The third kappa shape index (κ3) is 6.61. The fraction of sp³-hybridized carbons (Fsp3) is 0.286. The van der Waals surface area contributed by atoms with Gasteiger partial charge in [-0.05, 0) is 59.8 Å². The molecule has 3 atom stereocenters. The van der Waals surface area contributed by atoms with Crippen LogP contribution in [-0.2, 0) is 11.8 Å². The predicted octanol–water partition coefficient (Wildman–Crippen LogP) is 9.47. The van der Waals surface area contributed by atoms with Crippen LogP contribution in [0.3, 0.4) is 0 Å². The van der Waals surface area contributed by atoms with E-state index in [2.05, 4.69) is 101 Å². The van der Waals surface area contributed by atoms with Crippen LogP contribution in [0.25, 0.3) is 0 Å². The van der Waals surface area contributed by atoms with E-state index < -0.39 is 0 Å². The van der Waals surface area contributed by atoms with Gasteiger partial charge in [0.25, 0.3) is 0 Å². The van der Waals surface area contributed by atoms with E-state index in [1.54, 1.807) is 0 Å². The normalized spacial score (nSPS) is 14.1. The minimum absolute atomic E-state index is 0.0725. The van der Waals surface area contributed by atoms with E-state index in [0.717, 1.165) is 24.3 Å². The van der Waals surface area contributed by atoms with Gasteiger partial charge in [-0.2, -0.15) is 0 Å². The Bertz CT molecular complexity index is 1350. The maximum absolute atomic E-state index is 6.71. The number of hydrogen-bond acceptors (Lipinski definition) is 2. The summed E-state index contributed by atoms with van der Waals surface area (Å²) in [4.78, 5) is 4.79. The fourth-order valence-electron chi connectivity index (χ4n) is 4.74. The molecule has 0 fully saturated rings. The molecular weight excluding hydrogens is 481 g/mol. The van der Waals surface area contributed by atoms with Gasteiger partial charge in [-0.25, -0.2) is 0 Å². The Kier molecular flexibility index (Phi) is 9.53. The molecule has 0 aromatic heterocycles. The van der Waals surface area contributed by atoms with E-state index in [1.165, 1.54) is 33.1 Å². The first-order valence-electron chi connectivity index (χ1n) is 13.7. The molecule has 2 nitrogen and oxygen atoms in total. The molecule has 0 aliphatic heterocycles. The highest BCUT2D eigenvalue weighted by Gasteiger charge is 2.31. The average Bonchev–Trinajstić information content (AvgIpc) is 2.96. The number of rotatable bonds is 11. The SMILES string of the molecule is CCC(C)c1cccc(C(C)(CC)Pc2c(C)cccc2/C=N/c2ccccc2)c1OCc1ccccc1. The second-order valence-electron chi connectivity index (χ2n) is 10.3. The number of para-hydroxylation sites is 2. The largest absolute Gasteiger partial charge is 0.488 e. The Labute approximate surface area is 231 Å². The van der Waals surface area contributed by atoms with Crippen molar-refractivity contribution in [3.05, 3.63) is 125 Å². The molecule has 38 heavy (non-hydrogen) atoms. The molecule has 0 aliphatic rings. The van der Waals surface area contributed by atoms with E-state index in [0.29, 0.717) is 21.1 Å². The van der Waals surface area contributed by atoms with Crippen molar-refractivity contribution in [1.82, 2.24) is 0 Å². The second-order valence-corrected chi connectivity index (χ2v) is 12.1. The topological polar surface area (TPSA) is 21.6 Å². The Hall–Kier alpha value is -3.22. The van der Waals surface area contributed by atoms with Gasteiger partial charge in [-0.3, -0.25) is 4.99 Å². The molecule has 0 aliphatic carbocycles. The van der Waals surface area contributed by atoms with Gasteiger partial charge in [0.1, 0.15) is 12.4 Å². The molecular formula is C35H40NOP. The minimum atomic E-state index is -0.0725. The number of aliphatic imine (C=N–C) groups is 1. The lowest BCUT2D eigenvalue weighted by atomic mass is 9.89. The fourth-order valence-corrected chi connectivity index (χ4v) is 6.37. The maximum atomic E-state index is 6.71. The minimum Gasteiger partial charge on any atom is -0.488 e. The number of nitrogens with zero attached hydrogens (tertiary/aromatic N) is 1. The van der Waals surface area contributed by atoms with E-state index in [1.807, 2.05) is 36.5 Å². The van der Waals surface area contributed by atoms with Crippen LogP contribution in [-0.4, -0.2) is 6.21 Å². The summed E-state index contributed by atoms with van der Waals surface area (Å²) < 4.78 is 6.71. The van der Waals surface area contributed by atoms with Crippen LogP contribution < -0.4 is 10.0 Å². The molecule has 0 N–H and O–H groups in total. The molecule has 0 spiro atoms. The first-order chi connectivity index (χ1) is 18.4. The summed E-state index contributed by atoms with van der Waals surface area (Å²) >= 11 is 0. The zero-order valence-electron chi connectivity index (χ0n) is 23.4. The standard InChI is InChI=1S/C35H40NOP/c1-6-26(3)31-22-15-23-32(33(31)37-25-28-17-10-8-11-18-28)35(5,7-2)38-34-27(4)16-14-19-29(34)24-36-30-20-12-9-13-21-30/h8-24,26,38H,6-7,25H2,1-5H3/b36-24+. The van der Waals surface area contributed by atoms with Crippen LogP contribution in [0.5, 0.6) is 5.75 Å². The van der Waals surface area contributed by atoms with Crippen LogP contribution in [0.2, 0.25) is 0 Å². The quantitative estimate of drug-likeness (QED) is 0.142. The Morgan fingerprint density at radius 2 is 1.55 bits per heavy atom. The maximum Gasteiger partial charge on any atom is 0.127 e. The van der Waals surface area contributed by atoms with Gasteiger partial charge in [-0.1, -0.05) is 121 Å². The molecule has 196 valence electrons. The van der Waals surface area contributed by atoms with Crippen molar-refractivity contribution in [3.63, 3.8) is 0 Å². The van der Waals surface area contributed by atoms with Gasteiger partial charge in [0.15, 0.2) is 0 Å². The predicted molar refractivity (Wildman–Crippen MR) is 166 cm³/mol. The Balaban J connectivity index is 1.74. The molecule has 4 aromatic carbocycles. The summed E-state index contributed by atoms with van der Waals surface area (Å²) in [7, 11) is 0.578. The lowest BCUT2D eigenvalue weighted by Gasteiger charge is -2.33. The van der Waals surface area contributed by atoms with Crippen molar-refractivity contribution < 1.29 is 4.74 Å². The van der Waals surface area contributed by atoms with Crippen LogP contribution in [0.15, 0.2) is 102 Å². The highest BCUT2D eigenvalue weighted by molar-refractivity contribution is 7.49. The van der Waals surface area contributed by atoms with Crippen molar-refractivity contribution in [2.45, 2.75) is 65.1 Å². The zero-order valence-corrected chi connectivity index (χ0v) is 24.4. The summed E-state index contributed by atoms with van der Waals surface area (Å²) in [6.07, 6.45) is 4.12. The summed E-state index contributed by atoms with van der Waals surface area (Å²) in [5, 5.41) is 1.30. The lowest BCUT2D eigenvalue weighted by molar-refractivity contribution is 0.294. The number of ether oxygens (including phenoxy) is 1. The van der Waals surface area contributed by atoms with Crippen LogP contribution >= 0.6 is 8.58 Å². The molecule has 0 amide bonds. The molecule has 4 rings (SSSR count). The second kappa shape index (κ2) is 13.0. The van der Waals surface area contributed by atoms with Crippen LogP contribution in [0, 0.1) is 6.92 Å².